The van der Waals surface area contributed by atoms with Crippen molar-refractivity contribution in [2.24, 2.45) is 0 Å². The first-order chi connectivity index (χ1) is 12.5. The maximum Gasteiger partial charge on any atom is 0.174 e. The summed E-state index contributed by atoms with van der Waals surface area (Å²) in [5.41, 5.74) is 5.93. The number of nitrogens with zero attached hydrogens (tertiary/aromatic N) is 2. The lowest BCUT2D eigenvalue weighted by atomic mass is 10.00. The van der Waals surface area contributed by atoms with E-state index >= 15 is 0 Å². The monoisotopic (exact) mass is 379 g/mol. The average Bonchev–Trinajstić information content (AvgIpc) is 3.17. The molecule has 4 rings (SSSR count). The molecule has 132 valence electrons. The van der Waals surface area contributed by atoms with E-state index in [0.29, 0.717) is 0 Å². The van der Waals surface area contributed by atoms with Gasteiger partial charge < -0.3 is 10.2 Å². The zero-order valence-corrected chi connectivity index (χ0v) is 16.7. The molecule has 1 aromatic carbocycles. The Labute approximate surface area is 163 Å². The zero-order chi connectivity index (χ0) is 18.3. The molecule has 0 aliphatic carbocycles. The van der Waals surface area contributed by atoms with Crippen LogP contribution >= 0.6 is 23.6 Å². The van der Waals surface area contributed by atoms with Crippen LogP contribution in [0, 0.1) is 20.8 Å². The molecule has 1 N–H and O–H groups in total. The summed E-state index contributed by atoms with van der Waals surface area (Å²) in [5, 5.41) is 6.43. The van der Waals surface area contributed by atoms with E-state index in [2.05, 4.69) is 71.7 Å². The van der Waals surface area contributed by atoms with Gasteiger partial charge in [0.15, 0.2) is 5.11 Å². The van der Waals surface area contributed by atoms with Gasteiger partial charge >= 0.3 is 0 Å². The highest BCUT2D eigenvalue weighted by molar-refractivity contribution is 7.80. The van der Waals surface area contributed by atoms with Gasteiger partial charge in [-0.3, -0.25) is 4.98 Å². The van der Waals surface area contributed by atoms with Crippen molar-refractivity contribution in [2.75, 3.05) is 4.90 Å². The van der Waals surface area contributed by atoms with Crippen LogP contribution in [0.3, 0.4) is 0 Å². The van der Waals surface area contributed by atoms with Crippen LogP contribution in [0.2, 0.25) is 0 Å². The van der Waals surface area contributed by atoms with E-state index in [9.17, 15) is 0 Å². The van der Waals surface area contributed by atoms with E-state index in [1.54, 1.807) is 11.3 Å². The summed E-state index contributed by atoms with van der Waals surface area (Å²) in [6.45, 7) is 6.43. The second kappa shape index (κ2) is 6.82. The zero-order valence-electron chi connectivity index (χ0n) is 15.1. The van der Waals surface area contributed by atoms with Crippen molar-refractivity contribution in [1.29, 1.82) is 0 Å². The molecule has 26 heavy (non-hydrogen) atoms. The van der Waals surface area contributed by atoms with Gasteiger partial charge in [0.25, 0.3) is 0 Å². The van der Waals surface area contributed by atoms with E-state index in [1.807, 2.05) is 18.3 Å². The van der Waals surface area contributed by atoms with Crippen molar-refractivity contribution < 1.29 is 0 Å². The smallest absolute Gasteiger partial charge is 0.174 e. The number of hydrogen-bond acceptors (Lipinski definition) is 3. The van der Waals surface area contributed by atoms with Gasteiger partial charge in [0.05, 0.1) is 17.8 Å². The first-order valence-corrected chi connectivity index (χ1v) is 9.96. The first kappa shape index (κ1) is 17.2. The molecular weight excluding hydrogens is 358 g/mol. The van der Waals surface area contributed by atoms with Gasteiger partial charge in [-0.15, -0.1) is 11.3 Å². The highest BCUT2D eigenvalue weighted by Crippen LogP contribution is 2.44. The van der Waals surface area contributed by atoms with Gasteiger partial charge in [-0.05, 0) is 85.4 Å². The number of hydrogen-bond donors (Lipinski definition) is 1. The van der Waals surface area contributed by atoms with Crippen LogP contribution in [-0.4, -0.2) is 10.1 Å². The van der Waals surface area contributed by atoms with Crippen molar-refractivity contribution in [1.82, 2.24) is 10.3 Å². The quantitative estimate of drug-likeness (QED) is 0.630. The number of thiocarbonyl (C=S) groups is 1. The molecule has 3 nitrogen and oxygen atoms in total. The number of aryl methyl sites for hydroxylation is 3. The molecule has 1 aliphatic heterocycles. The van der Waals surface area contributed by atoms with Crippen molar-refractivity contribution in [3.63, 3.8) is 0 Å². The van der Waals surface area contributed by atoms with Gasteiger partial charge in [0.2, 0.25) is 0 Å². The summed E-state index contributed by atoms with van der Waals surface area (Å²) in [5.74, 6) is 0. The van der Waals surface area contributed by atoms with E-state index in [4.69, 9.17) is 12.2 Å². The lowest BCUT2D eigenvalue weighted by Gasteiger charge is -2.28. The molecule has 0 bridgehead atoms. The number of benzene rings is 1. The minimum atomic E-state index is 0.0295. The SMILES string of the molecule is Cc1cc(C)cc(N2C(=S)N[C@H](c3ccccn3)[C@H]2c2sccc2C)c1. The second-order valence-corrected chi connectivity index (χ2v) is 8.14. The molecule has 0 spiro atoms. The molecule has 2 aromatic heterocycles. The Morgan fingerprint density at radius 1 is 1.08 bits per heavy atom. The van der Waals surface area contributed by atoms with Crippen molar-refractivity contribution in [3.8, 4) is 0 Å². The minimum absolute atomic E-state index is 0.0295. The molecule has 2 atom stereocenters. The molecule has 0 amide bonds. The highest BCUT2D eigenvalue weighted by Gasteiger charge is 2.41. The Morgan fingerprint density at radius 2 is 1.85 bits per heavy atom. The largest absolute Gasteiger partial charge is 0.351 e. The van der Waals surface area contributed by atoms with Crippen LogP contribution in [0.25, 0.3) is 0 Å². The summed E-state index contributed by atoms with van der Waals surface area (Å²) in [6, 6.07) is 15.0. The Bertz CT molecular complexity index is 929. The van der Waals surface area contributed by atoms with Crippen LogP contribution in [-0.2, 0) is 0 Å². The fraction of sp³-hybridized carbons (Fsp3) is 0.238. The molecule has 3 heterocycles. The molecule has 1 fully saturated rings. The lowest BCUT2D eigenvalue weighted by Crippen LogP contribution is -2.29. The number of nitrogens with one attached hydrogen (secondary N) is 1. The van der Waals surface area contributed by atoms with Gasteiger partial charge in [-0.25, -0.2) is 0 Å². The van der Waals surface area contributed by atoms with Gasteiger partial charge in [0, 0.05) is 16.8 Å². The summed E-state index contributed by atoms with van der Waals surface area (Å²) >= 11 is 7.56. The number of thiophene rings is 1. The second-order valence-electron chi connectivity index (χ2n) is 6.81. The van der Waals surface area contributed by atoms with Crippen molar-refractivity contribution in [3.05, 3.63) is 81.3 Å². The summed E-state index contributed by atoms with van der Waals surface area (Å²) in [7, 11) is 0. The molecular formula is C21H21N3S2. The third-order valence-electron chi connectivity index (χ3n) is 4.75. The number of anilines is 1. The lowest BCUT2D eigenvalue weighted by molar-refractivity contribution is 0.573. The van der Waals surface area contributed by atoms with Crippen molar-refractivity contribution >= 4 is 34.4 Å². The maximum atomic E-state index is 5.77. The minimum Gasteiger partial charge on any atom is -0.351 e. The fourth-order valence-electron chi connectivity index (χ4n) is 3.68. The Balaban J connectivity index is 1.86. The molecule has 0 radical (unpaired) electrons. The van der Waals surface area contributed by atoms with Crippen LogP contribution in [0.5, 0.6) is 0 Å². The Hall–Kier alpha value is -2.24. The number of aromatic nitrogens is 1. The van der Waals surface area contributed by atoms with Gasteiger partial charge in [0.1, 0.15) is 0 Å². The van der Waals surface area contributed by atoms with E-state index < -0.39 is 0 Å². The summed E-state index contributed by atoms with van der Waals surface area (Å²) < 4.78 is 0. The Kier molecular flexibility index (Phi) is 4.51. The molecule has 0 unspecified atom stereocenters. The Morgan fingerprint density at radius 3 is 2.46 bits per heavy atom. The predicted octanol–water partition coefficient (Wildman–Crippen LogP) is 5.25. The third kappa shape index (κ3) is 3.02. The topological polar surface area (TPSA) is 28.2 Å². The van der Waals surface area contributed by atoms with Crippen LogP contribution in [0.15, 0.2) is 54.0 Å². The van der Waals surface area contributed by atoms with Crippen molar-refractivity contribution in [2.45, 2.75) is 32.9 Å². The van der Waals surface area contributed by atoms with E-state index in [-0.39, 0.29) is 12.1 Å². The van der Waals surface area contributed by atoms with E-state index in [0.717, 1.165) is 16.5 Å². The molecule has 3 aromatic rings. The van der Waals surface area contributed by atoms with Crippen LogP contribution < -0.4 is 10.2 Å². The normalized spacial score (nSPS) is 19.7. The summed E-state index contributed by atoms with van der Waals surface area (Å²) in [4.78, 5) is 8.19. The van der Waals surface area contributed by atoms with Crippen LogP contribution in [0.4, 0.5) is 5.69 Å². The highest BCUT2D eigenvalue weighted by atomic mass is 32.1. The maximum absolute atomic E-state index is 5.77. The van der Waals surface area contributed by atoms with Gasteiger partial charge in [-0.2, -0.15) is 0 Å². The average molecular weight is 380 g/mol. The van der Waals surface area contributed by atoms with Gasteiger partial charge in [-0.1, -0.05) is 12.1 Å². The van der Waals surface area contributed by atoms with Crippen LogP contribution in [0.1, 0.15) is 39.3 Å². The molecule has 5 heteroatoms. The fourth-order valence-corrected chi connectivity index (χ4v) is 5.08. The summed E-state index contributed by atoms with van der Waals surface area (Å²) in [6.07, 6.45) is 1.85. The van der Waals surface area contributed by atoms with E-state index in [1.165, 1.54) is 21.6 Å². The standard InChI is InChI=1S/C21H21N3S2/c1-13-10-14(2)12-16(11-13)24-19(20-15(3)7-9-26-20)18(23-21(24)25)17-6-4-5-8-22-17/h4-12,18-19H,1-3H3,(H,23,25)/t18-,19+/m1/s1. The first-order valence-electron chi connectivity index (χ1n) is 8.67. The number of rotatable bonds is 3. The molecule has 1 aliphatic rings. The third-order valence-corrected chi connectivity index (χ3v) is 6.16. The molecule has 1 saturated heterocycles. The number of pyridine rings is 1. The predicted molar refractivity (Wildman–Crippen MR) is 113 cm³/mol. The molecule has 0 saturated carbocycles.